The number of benzene rings is 6. The maximum atomic E-state index is 6.49. The van der Waals surface area contributed by atoms with Crippen LogP contribution in [0.4, 0.5) is 11.4 Å². The number of anilines is 1. The van der Waals surface area contributed by atoms with Gasteiger partial charge in [0.15, 0.2) is 0 Å². The van der Waals surface area contributed by atoms with Crippen molar-refractivity contribution in [1.29, 1.82) is 0 Å². The molecule has 0 amide bonds. The average Bonchev–Trinajstić information content (AvgIpc) is 3.57. The van der Waals surface area contributed by atoms with Crippen molar-refractivity contribution in [3.8, 4) is 5.75 Å². The highest BCUT2D eigenvalue weighted by atomic mass is 16.5. The number of ether oxygens (including phenoxy) is 1. The smallest absolute Gasteiger partial charge is 0.129 e. The zero-order chi connectivity index (χ0) is 28.6. The van der Waals surface area contributed by atoms with E-state index in [1.54, 1.807) is 0 Å². The quantitative estimate of drug-likeness (QED) is 0.164. The summed E-state index contributed by atoms with van der Waals surface area (Å²) in [6.07, 6.45) is 7.79. The summed E-state index contributed by atoms with van der Waals surface area (Å²) in [5.41, 5.74) is 7.04. The molecule has 1 N–H and O–H groups in total. The molecule has 0 saturated carbocycles. The Balaban J connectivity index is 1.07. The lowest BCUT2D eigenvalue weighted by atomic mass is 9.77. The minimum atomic E-state index is 0.278. The first kappa shape index (κ1) is 25.6. The fraction of sp³-hybridized carbons (Fsp3) is 0.125. The first-order valence-electron chi connectivity index (χ1n) is 15.1. The van der Waals surface area contributed by atoms with Crippen molar-refractivity contribution in [3.05, 3.63) is 162 Å². The average molecular weight is 557 g/mol. The highest BCUT2D eigenvalue weighted by Crippen LogP contribution is 2.49. The lowest BCUT2D eigenvalue weighted by molar-refractivity contribution is 0.307. The molecule has 0 unspecified atom stereocenters. The molecule has 0 fully saturated rings. The number of fused-ring (bicyclic) bond motifs is 5. The molecular formula is C40H32N2O. The fourth-order valence-corrected chi connectivity index (χ4v) is 6.89. The molecule has 1 heterocycles. The van der Waals surface area contributed by atoms with E-state index >= 15 is 0 Å². The van der Waals surface area contributed by atoms with Gasteiger partial charge in [0, 0.05) is 23.4 Å². The third kappa shape index (κ3) is 4.77. The van der Waals surface area contributed by atoms with Crippen molar-refractivity contribution in [1.82, 2.24) is 0 Å². The standard InChI is InChI=1S/C40H32N2O/c1-3-13-32-27(9-1)11-7-12-30(32)26-43-39-24-21-28-10-2-4-14-33(28)37(39)25-41-31-22-19-29(20-23-31)40-36-17-8-16-34(36)35-15-5-6-18-38(35)42-40/h1-16,18-25,34,36,40,42H,17,26H2/t34-,36-,40+/m1/s1. The molecule has 6 aromatic rings. The van der Waals surface area contributed by atoms with Crippen LogP contribution in [-0.2, 0) is 6.61 Å². The van der Waals surface area contributed by atoms with Crippen LogP contribution in [0.15, 0.2) is 145 Å². The van der Waals surface area contributed by atoms with Gasteiger partial charge < -0.3 is 10.1 Å². The molecule has 208 valence electrons. The molecule has 0 aromatic heterocycles. The van der Waals surface area contributed by atoms with Crippen molar-refractivity contribution in [2.75, 3.05) is 5.32 Å². The number of nitrogens with one attached hydrogen (secondary N) is 1. The predicted octanol–water partition coefficient (Wildman–Crippen LogP) is 10.1. The molecule has 6 aromatic carbocycles. The number of rotatable bonds is 6. The molecular weight excluding hydrogens is 524 g/mol. The highest BCUT2D eigenvalue weighted by Gasteiger charge is 2.37. The van der Waals surface area contributed by atoms with Crippen LogP contribution in [0, 0.1) is 5.92 Å². The van der Waals surface area contributed by atoms with Crippen LogP contribution in [0.3, 0.4) is 0 Å². The predicted molar refractivity (Wildman–Crippen MR) is 179 cm³/mol. The summed E-state index contributed by atoms with van der Waals surface area (Å²) >= 11 is 0. The molecule has 8 rings (SSSR count). The number of allylic oxidation sites excluding steroid dienone is 2. The van der Waals surface area contributed by atoms with Crippen molar-refractivity contribution in [2.24, 2.45) is 10.9 Å². The largest absolute Gasteiger partial charge is 0.488 e. The Labute approximate surface area is 252 Å². The topological polar surface area (TPSA) is 33.6 Å². The first-order valence-corrected chi connectivity index (χ1v) is 15.1. The van der Waals surface area contributed by atoms with Crippen LogP contribution in [0.25, 0.3) is 21.5 Å². The van der Waals surface area contributed by atoms with Gasteiger partial charge >= 0.3 is 0 Å². The fourth-order valence-electron chi connectivity index (χ4n) is 6.89. The molecule has 3 heteroatoms. The van der Waals surface area contributed by atoms with Crippen molar-refractivity contribution in [3.63, 3.8) is 0 Å². The second-order valence-electron chi connectivity index (χ2n) is 11.5. The van der Waals surface area contributed by atoms with Gasteiger partial charge in [0.2, 0.25) is 0 Å². The van der Waals surface area contributed by atoms with E-state index in [0.717, 1.165) is 28.8 Å². The lowest BCUT2D eigenvalue weighted by Crippen LogP contribution is -2.28. The van der Waals surface area contributed by atoms with Gasteiger partial charge in [-0.1, -0.05) is 115 Å². The molecule has 1 aliphatic heterocycles. The second-order valence-corrected chi connectivity index (χ2v) is 11.5. The second kappa shape index (κ2) is 10.9. The Kier molecular flexibility index (Phi) is 6.49. The molecule has 3 atom stereocenters. The van der Waals surface area contributed by atoms with Gasteiger partial charge in [-0.3, -0.25) is 4.99 Å². The van der Waals surface area contributed by atoms with Crippen LogP contribution in [0.5, 0.6) is 5.75 Å². The molecule has 2 aliphatic rings. The summed E-state index contributed by atoms with van der Waals surface area (Å²) in [6.45, 7) is 0.490. The summed E-state index contributed by atoms with van der Waals surface area (Å²) in [6, 6.07) is 45.2. The van der Waals surface area contributed by atoms with E-state index in [0.29, 0.717) is 18.4 Å². The van der Waals surface area contributed by atoms with E-state index in [1.807, 2.05) is 6.21 Å². The van der Waals surface area contributed by atoms with Crippen LogP contribution in [-0.4, -0.2) is 6.21 Å². The van der Waals surface area contributed by atoms with Crippen molar-refractivity contribution < 1.29 is 4.74 Å². The van der Waals surface area contributed by atoms with Gasteiger partial charge in [-0.2, -0.15) is 0 Å². The molecule has 43 heavy (non-hydrogen) atoms. The third-order valence-electron chi connectivity index (χ3n) is 9.06. The van der Waals surface area contributed by atoms with Gasteiger partial charge in [-0.15, -0.1) is 0 Å². The molecule has 0 radical (unpaired) electrons. The van der Waals surface area contributed by atoms with E-state index < -0.39 is 0 Å². The van der Waals surface area contributed by atoms with E-state index in [4.69, 9.17) is 9.73 Å². The van der Waals surface area contributed by atoms with Gasteiger partial charge in [0.05, 0.1) is 11.7 Å². The number of para-hydroxylation sites is 1. The van der Waals surface area contributed by atoms with Crippen molar-refractivity contribution in [2.45, 2.75) is 25.0 Å². The maximum absolute atomic E-state index is 6.49. The van der Waals surface area contributed by atoms with Crippen LogP contribution in [0.2, 0.25) is 0 Å². The van der Waals surface area contributed by atoms with E-state index in [2.05, 4.69) is 145 Å². The number of hydrogen-bond donors (Lipinski definition) is 1. The monoisotopic (exact) mass is 556 g/mol. The number of nitrogens with zero attached hydrogens (tertiary/aromatic N) is 1. The molecule has 0 spiro atoms. The zero-order valence-electron chi connectivity index (χ0n) is 23.9. The van der Waals surface area contributed by atoms with Gasteiger partial charge in [0.25, 0.3) is 0 Å². The van der Waals surface area contributed by atoms with Gasteiger partial charge in [-0.05, 0) is 74.8 Å². The SMILES string of the molecule is C1=C[C@@H]2c3ccccc3N[C@@H](c3ccc(N=Cc4c(OCc5cccc6ccccc56)ccc5ccccc45)cc3)[C@@H]2C1. The van der Waals surface area contributed by atoms with Gasteiger partial charge in [-0.25, -0.2) is 0 Å². The first-order chi connectivity index (χ1) is 21.3. The van der Waals surface area contributed by atoms with E-state index in [9.17, 15) is 0 Å². The minimum absolute atomic E-state index is 0.278. The van der Waals surface area contributed by atoms with E-state index in [-0.39, 0.29) is 6.04 Å². The Morgan fingerprint density at radius 1 is 0.721 bits per heavy atom. The Hall–Kier alpha value is -5.15. The van der Waals surface area contributed by atoms with E-state index in [1.165, 1.54) is 38.5 Å². The Bertz CT molecular complexity index is 2000. The Morgan fingerprint density at radius 3 is 2.35 bits per heavy atom. The summed E-state index contributed by atoms with van der Waals surface area (Å²) < 4.78 is 6.49. The summed E-state index contributed by atoms with van der Waals surface area (Å²) in [7, 11) is 0. The lowest BCUT2D eigenvalue weighted by Gasteiger charge is -2.37. The highest BCUT2D eigenvalue weighted by molar-refractivity contribution is 6.03. The Morgan fingerprint density at radius 2 is 1.47 bits per heavy atom. The van der Waals surface area contributed by atoms with Crippen LogP contribution < -0.4 is 10.1 Å². The summed E-state index contributed by atoms with van der Waals surface area (Å²) in [4.78, 5) is 4.94. The zero-order valence-corrected chi connectivity index (χ0v) is 23.9. The minimum Gasteiger partial charge on any atom is -0.488 e. The maximum Gasteiger partial charge on any atom is 0.129 e. The van der Waals surface area contributed by atoms with Gasteiger partial charge in [0.1, 0.15) is 12.4 Å². The summed E-state index contributed by atoms with van der Waals surface area (Å²) in [5.74, 6) is 1.83. The normalized spacial score (nSPS) is 18.9. The summed E-state index contributed by atoms with van der Waals surface area (Å²) in [5, 5.41) is 8.57. The molecule has 0 saturated heterocycles. The molecule has 1 aliphatic carbocycles. The number of hydrogen-bond acceptors (Lipinski definition) is 3. The van der Waals surface area contributed by atoms with Crippen LogP contribution >= 0.6 is 0 Å². The third-order valence-corrected chi connectivity index (χ3v) is 9.06. The van der Waals surface area contributed by atoms with Crippen molar-refractivity contribution >= 4 is 39.1 Å². The molecule has 0 bridgehead atoms. The molecule has 3 nitrogen and oxygen atoms in total. The van der Waals surface area contributed by atoms with Crippen LogP contribution in [0.1, 0.15) is 40.6 Å². The number of aliphatic imine (C=N–C) groups is 1.